The van der Waals surface area contributed by atoms with Crippen LogP contribution < -0.4 is 5.32 Å². The van der Waals surface area contributed by atoms with Crippen molar-refractivity contribution in [1.29, 1.82) is 5.26 Å². The summed E-state index contributed by atoms with van der Waals surface area (Å²) in [7, 11) is 1.52. The van der Waals surface area contributed by atoms with Gasteiger partial charge in [0.15, 0.2) is 0 Å². The summed E-state index contributed by atoms with van der Waals surface area (Å²) in [6, 6.07) is 17.0. The molecule has 2 N–H and O–H groups in total. The molecule has 5 nitrogen and oxygen atoms in total. The number of carboxylic acid groups (broad SMARTS) is 1. The van der Waals surface area contributed by atoms with Crippen molar-refractivity contribution in [2.24, 2.45) is 10.9 Å². The average Bonchev–Trinajstić information content (AvgIpc) is 2.95. The SMILES string of the molecule is C=CC.CC.CN=C(NC/C=C/C(F)(F)F)c1ccc(-c2ccccc2)cc1C#N.O=C(O)CC1CCCCC1. The summed E-state index contributed by atoms with van der Waals surface area (Å²) in [6.45, 7) is 9.21. The minimum Gasteiger partial charge on any atom is -0.481 e. The zero-order valence-electron chi connectivity index (χ0n) is 24.0. The Morgan fingerprint density at radius 1 is 1.12 bits per heavy atom. The van der Waals surface area contributed by atoms with E-state index in [-0.39, 0.29) is 12.6 Å². The summed E-state index contributed by atoms with van der Waals surface area (Å²) in [5.41, 5.74) is 2.80. The van der Waals surface area contributed by atoms with Crippen LogP contribution in [-0.2, 0) is 4.79 Å². The quantitative estimate of drug-likeness (QED) is 0.212. The Balaban J connectivity index is 0.000000837. The molecular formula is C32H42F3N3O2. The van der Waals surface area contributed by atoms with Crippen LogP contribution in [0.3, 0.4) is 0 Å². The number of rotatable bonds is 6. The fourth-order valence-corrected chi connectivity index (χ4v) is 3.93. The lowest BCUT2D eigenvalue weighted by Gasteiger charge is -2.18. The monoisotopic (exact) mass is 557 g/mol. The Morgan fingerprint density at radius 3 is 2.23 bits per heavy atom. The molecule has 0 aliphatic heterocycles. The van der Waals surface area contributed by atoms with Gasteiger partial charge in [-0.1, -0.05) is 81.7 Å². The van der Waals surface area contributed by atoms with E-state index >= 15 is 0 Å². The number of carbonyl (C=O) groups is 1. The highest BCUT2D eigenvalue weighted by atomic mass is 19.4. The highest BCUT2D eigenvalue weighted by molar-refractivity contribution is 6.01. The van der Waals surface area contributed by atoms with Crippen LogP contribution in [0.4, 0.5) is 13.2 Å². The predicted molar refractivity (Wildman–Crippen MR) is 158 cm³/mol. The number of nitriles is 1. The highest BCUT2D eigenvalue weighted by Crippen LogP contribution is 2.26. The third-order valence-corrected chi connectivity index (χ3v) is 5.61. The van der Waals surface area contributed by atoms with Gasteiger partial charge in [0, 0.05) is 31.7 Å². The molecule has 0 unspecified atom stereocenters. The number of hydrogen-bond donors (Lipinski definition) is 2. The van der Waals surface area contributed by atoms with Gasteiger partial charge >= 0.3 is 12.1 Å². The first kappa shape index (κ1) is 36.1. The number of halogens is 3. The standard InChI is InChI=1S/C19H16F3N3.C8H14O2.C3H6.C2H6/c1-24-18(25-11-5-10-19(20,21)22)17-9-8-15(12-16(17)13-23)14-6-3-2-4-7-14;9-8(10)6-7-4-2-1-3-5-7;1-3-2;1-2/h2-10,12H,11H2,1H3,(H,24,25);7H,1-6H2,(H,9,10);3H,1H2,2H3;1-2H3/b10-5+;;;. The lowest BCUT2D eigenvalue weighted by Crippen LogP contribution is -2.25. The van der Waals surface area contributed by atoms with Crippen molar-refractivity contribution in [3.8, 4) is 17.2 Å². The molecule has 2 aromatic carbocycles. The first-order valence-electron chi connectivity index (χ1n) is 13.5. The summed E-state index contributed by atoms with van der Waals surface area (Å²) < 4.78 is 36.4. The van der Waals surface area contributed by atoms with Crippen molar-refractivity contribution in [3.05, 3.63) is 84.5 Å². The molecular weight excluding hydrogens is 515 g/mol. The fraction of sp³-hybridized carbons (Fsp3) is 0.406. The van der Waals surface area contributed by atoms with Gasteiger partial charge in [-0.2, -0.15) is 18.4 Å². The molecule has 3 rings (SSSR count). The van der Waals surface area contributed by atoms with Gasteiger partial charge in [-0.25, -0.2) is 0 Å². The van der Waals surface area contributed by atoms with Crippen molar-refractivity contribution in [3.63, 3.8) is 0 Å². The topological polar surface area (TPSA) is 85.5 Å². The molecule has 1 aliphatic rings. The first-order valence-corrected chi connectivity index (χ1v) is 13.5. The van der Waals surface area contributed by atoms with E-state index in [0.717, 1.165) is 30.0 Å². The zero-order valence-corrected chi connectivity index (χ0v) is 24.0. The Morgan fingerprint density at radius 2 is 1.73 bits per heavy atom. The van der Waals surface area contributed by atoms with Crippen molar-refractivity contribution in [2.45, 2.75) is 65.5 Å². The lowest BCUT2D eigenvalue weighted by atomic mass is 9.87. The smallest absolute Gasteiger partial charge is 0.409 e. The van der Waals surface area contributed by atoms with Crippen LogP contribution in [0.25, 0.3) is 11.1 Å². The maximum Gasteiger partial charge on any atom is 0.409 e. The Labute approximate surface area is 237 Å². The third kappa shape index (κ3) is 15.5. The van der Waals surface area contributed by atoms with E-state index in [9.17, 15) is 23.2 Å². The molecule has 1 aliphatic carbocycles. The van der Waals surface area contributed by atoms with Crippen LogP contribution in [-0.4, -0.2) is 36.7 Å². The van der Waals surface area contributed by atoms with E-state index < -0.39 is 12.1 Å². The second-order valence-corrected chi connectivity index (χ2v) is 8.65. The van der Waals surface area contributed by atoms with Gasteiger partial charge in [-0.3, -0.25) is 9.79 Å². The summed E-state index contributed by atoms with van der Waals surface area (Å²) in [4.78, 5) is 14.3. The summed E-state index contributed by atoms with van der Waals surface area (Å²) in [6.07, 6.45) is 4.96. The predicted octanol–water partition coefficient (Wildman–Crippen LogP) is 8.57. The Bertz CT molecular complexity index is 1100. The van der Waals surface area contributed by atoms with Crippen molar-refractivity contribution >= 4 is 11.8 Å². The summed E-state index contributed by atoms with van der Waals surface area (Å²) in [5.74, 6) is 0.209. The van der Waals surface area contributed by atoms with Crippen LogP contribution in [0.15, 0.2) is 78.3 Å². The fourth-order valence-electron chi connectivity index (χ4n) is 3.93. The molecule has 0 amide bonds. The minimum atomic E-state index is -4.35. The second-order valence-electron chi connectivity index (χ2n) is 8.65. The maximum absolute atomic E-state index is 12.1. The number of nitrogens with one attached hydrogen (secondary N) is 1. The number of allylic oxidation sites excluding steroid dienone is 2. The molecule has 1 fully saturated rings. The van der Waals surface area contributed by atoms with Gasteiger partial charge in [0.2, 0.25) is 0 Å². The number of aliphatic carboxylic acids is 1. The Hall–Kier alpha value is -3.86. The normalized spacial score (nSPS) is 13.3. The van der Waals surface area contributed by atoms with E-state index in [2.05, 4.69) is 23.0 Å². The molecule has 8 heteroatoms. The number of amidine groups is 1. The maximum atomic E-state index is 12.1. The van der Waals surface area contributed by atoms with Crippen molar-refractivity contribution in [1.82, 2.24) is 5.32 Å². The second kappa shape index (κ2) is 21.0. The van der Waals surface area contributed by atoms with Gasteiger partial charge in [0.1, 0.15) is 5.84 Å². The van der Waals surface area contributed by atoms with Crippen LogP contribution >= 0.6 is 0 Å². The minimum absolute atomic E-state index is 0.0442. The molecule has 0 atom stereocenters. The number of benzene rings is 2. The average molecular weight is 558 g/mol. The number of nitrogens with zero attached hydrogens (tertiary/aromatic N) is 2. The number of aliphatic imine (C=N–C) groups is 1. The van der Waals surface area contributed by atoms with Crippen LogP contribution in [0.1, 0.15) is 70.4 Å². The molecule has 1 saturated carbocycles. The van der Waals surface area contributed by atoms with Crippen molar-refractivity contribution in [2.75, 3.05) is 13.6 Å². The number of carboxylic acids is 1. The first-order chi connectivity index (χ1) is 19.1. The van der Waals surface area contributed by atoms with E-state index in [1.807, 2.05) is 57.2 Å². The van der Waals surface area contributed by atoms with Crippen LogP contribution in [0.5, 0.6) is 0 Å². The van der Waals surface area contributed by atoms with E-state index in [1.54, 1.807) is 18.2 Å². The number of hydrogen-bond acceptors (Lipinski definition) is 3. The van der Waals surface area contributed by atoms with Crippen molar-refractivity contribution < 1.29 is 23.1 Å². The van der Waals surface area contributed by atoms with Gasteiger partial charge in [-0.15, -0.1) is 6.58 Å². The van der Waals surface area contributed by atoms with Crippen LogP contribution in [0, 0.1) is 17.2 Å². The van der Waals surface area contributed by atoms with Gasteiger partial charge < -0.3 is 10.4 Å². The molecule has 0 saturated heterocycles. The zero-order chi connectivity index (χ0) is 30.4. The Kier molecular flexibility index (Phi) is 19.0. The van der Waals surface area contributed by atoms with Gasteiger partial charge in [-0.05, 0) is 48.9 Å². The van der Waals surface area contributed by atoms with Gasteiger partial charge in [0.05, 0.1) is 11.6 Å². The van der Waals surface area contributed by atoms with Crippen LogP contribution in [0.2, 0.25) is 0 Å². The lowest BCUT2D eigenvalue weighted by molar-refractivity contribution is -0.138. The van der Waals surface area contributed by atoms with E-state index in [0.29, 0.717) is 29.3 Å². The molecule has 2 aromatic rings. The molecule has 218 valence electrons. The highest BCUT2D eigenvalue weighted by Gasteiger charge is 2.21. The molecule has 0 heterocycles. The summed E-state index contributed by atoms with van der Waals surface area (Å²) in [5, 5.41) is 20.7. The molecule has 0 bridgehead atoms. The summed E-state index contributed by atoms with van der Waals surface area (Å²) >= 11 is 0. The van der Waals surface area contributed by atoms with E-state index in [4.69, 9.17) is 5.11 Å². The van der Waals surface area contributed by atoms with Gasteiger partial charge in [0.25, 0.3) is 0 Å². The molecule has 0 spiro atoms. The molecule has 0 aromatic heterocycles. The largest absolute Gasteiger partial charge is 0.481 e. The molecule has 0 radical (unpaired) electrons. The number of alkyl halides is 3. The van der Waals surface area contributed by atoms with E-state index in [1.165, 1.54) is 26.3 Å². The third-order valence-electron chi connectivity index (χ3n) is 5.61. The molecule has 40 heavy (non-hydrogen) atoms.